The van der Waals surface area contributed by atoms with Crippen LogP contribution in [-0.2, 0) is 6.42 Å². The minimum absolute atomic E-state index is 0.0788. The van der Waals surface area contributed by atoms with Crippen molar-refractivity contribution in [1.29, 1.82) is 0 Å². The molecule has 0 saturated heterocycles. The van der Waals surface area contributed by atoms with Crippen LogP contribution in [0.1, 0.15) is 43.5 Å². The average molecular weight is 385 g/mol. The third-order valence-corrected chi connectivity index (χ3v) is 5.81. The van der Waals surface area contributed by atoms with Gasteiger partial charge in [0.1, 0.15) is 0 Å². The molecule has 3 rings (SSSR count). The Hall–Kier alpha value is -1.98. The first-order chi connectivity index (χ1) is 12.8. The van der Waals surface area contributed by atoms with Crippen molar-refractivity contribution < 1.29 is 9.90 Å². The normalized spacial score (nSPS) is 16.8. The largest absolute Gasteiger partial charge is 0.394 e. The first-order valence-corrected chi connectivity index (χ1v) is 10.2. The molecule has 2 aromatic rings. The van der Waals surface area contributed by atoms with Gasteiger partial charge in [0.15, 0.2) is 0 Å². The number of hydrogen-bond acceptors (Lipinski definition) is 3. The van der Waals surface area contributed by atoms with Gasteiger partial charge in [-0.15, -0.1) is 11.8 Å². The van der Waals surface area contributed by atoms with Crippen LogP contribution in [0.25, 0.3) is 0 Å². The van der Waals surface area contributed by atoms with Crippen LogP contribution < -0.4 is 5.32 Å². The fourth-order valence-corrected chi connectivity index (χ4v) is 4.55. The van der Waals surface area contributed by atoms with Gasteiger partial charge in [0, 0.05) is 21.9 Å². The highest BCUT2D eigenvalue weighted by molar-refractivity contribution is 8.00. The molecule has 1 atom stereocenters. The van der Waals surface area contributed by atoms with Crippen molar-refractivity contribution in [2.45, 2.75) is 49.8 Å². The van der Waals surface area contributed by atoms with E-state index in [0.29, 0.717) is 6.54 Å². The van der Waals surface area contributed by atoms with Crippen LogP contribution in [-0.4, -0.2) is 33.9 Å². The van der Waals surface area contributed by atoms with E-state index in [2.05, 4.69) is 38.2 Å². The molecule has 0 bridgehead atoms. The third-order valence-electron chi connectivity index (χ3n) is 4.71. The molecule has 2 amide bonds. The summed E-state index contributed by atoms with van der Waals surface area (Å²) in [7, 11) is 0. The van der Waals surface area contributed by atoms with Gasteiger partial charge in [0.25, 0.3) is 0 Å². The highest BCUT2D eigenvalue weighted by atomic mass is 32.2. The number of aliphatic hydroxyl groups is 1. The van der Waals surface area contributed by atoms with E-state index in [1.165, 1.54) is 10.5 Å². The third kappa shape index (κ3) is 4.66. The maximum Gasteiger partial charge on any atom is 0.322 e. The average Bonchev–Trinajstić information content (AvgIpc) is 2.61. The molecule has 1 aliphatic heterocycles. The molecule has 1 heterocycles. The molecule has 0 fully saturated rings. The molecule has 2 N–H and O–H groups in total. The Kier molecular flexibility index (Phi) is 5.82. The number of urea groups is 1. The second-order valence-corrected chi connectivity index (χ2v) is 9.86. The molecule has 0 aromatic heterocycles. The fraction of sp³-hybridized carbons (Fsp3) is 0.409. The lowest BCUT2D eigenvalue weighted by molar-refractivity contribution is 0.135. The minimum Gasteiger partial charge on any atom is -0.394 e. The highest BCUT2D eigenvalue weighted by Gasteiger charge is 2.30. The summed E-state index contributed by atoms with van der Waals surface area (Å²) in [6, 6.07) is 13.7. The van der Waals surface area contributed by atoms with Crippen molar-refractivity contribution in [2.24, 2.45) is 0 Å². The lowest BCUT2D eigenvalue weighted by Gasteiger charge is -2.36. The van der Waals surface area contributed by atoms with E-state index in [9.17, 15) is 9.90 Å². The van der Waals surface area contributed by atoms with Crippen molar-refractivity contribution in [2.75, 3.05) is 18.5 Å². The van der Waals surface area contributed by atoms with Crippen LogP contribution in [0.5, 0.6) is 0 Å². The standard InChI is InChI=1S/C22H28N2O2S/c1-15-13-17(27-22(2,3)4)9-10-19(15)23-21(26)24-12-11-16-7-5-6-8-18(16)20(24)14-25/h5-10,13,20,25H,11-12,14H2,1-4H3,(H,23,26)/t20-/m1/s1. The van der Waals surface area contributed by atoms with Crippen LogP contribution in [0, 0.1) is 6.92 Å². The van der Waals surface area contributed by atoms with Crippen molar-refractivity contribution in [3.8, 4) is 0 Å². The van der Waals surface area contributed by atoms with E-state index in [-0.39, 0.29) is 23.4 Å². The van der Waals surface area contributed by atoms with E-state index >= 15 is 0 Å². The molecule has 0 spiro atoms. The van der Waals surface area contributed by atoms with Crippen molar-refractivity contribution >= 4 is 23.5 Å². The molecule has 0 radical (unpaired) electrons. The Bertz CT molecular complexity index is 829. The SMILES string of the molecule is Cc1cc(SC(C)(C)C)ccc1NC(=O)N1CCc2ccccc2[C@H]1CO. The fourth-order valence-electron chi connectivity index (χ4n) is 3.47. The number of aryl methyl sites for hydroxylation is 1. The quantitative estimate of drug-likeness (QED) is 0.732. The summed E-state index contributed by atoms with van der Waals surface area (Å²) in [5.74, 6) is 0. The monoisotopic (exact) mass is 384 g/mol. The Morgan fingerprint density at radius 1 is 1.26 bits per heavy atom. The Balaban J connectivity index is 1.75. The van der Waals surface area contributed by atoms with Crippen LogP contribution in [0.2, 0.25) is 0 Å². The molecular formula is C22H28N2O2S. The molecule has 144 valence electrons. The van der Waals surface area contributed by atoms with E-state index in [0.717, 1.165) is 23.2 Å². The highest BCUT2D eigenvalue weighted by Crippen LogP contribution is 2.34. The molecular weight excluding hydrogens is 356 g/mol. The van der Waals surface area contributed by atoms with Gasteiger partial charge < -0.3 is 15.3 Å². The summed E-state index contributed by atoms with van der Waals surface area (Å²) in [5.41, 5.74) is 4.10. The van der Waals surface area contributed by atoms with Gasteiger partial charge in [0.2, 0.25) is 0 Å². The molecule has 2 aromatic carbocycles. The van der Waals surface area contributed by atoms with Gasteiger partial charge in [0.05, 0.1) is 12.6 Å². The summed E-state index contributed by atoms with van der Waals surface area (Å²) in [4.78, 5) is 15.8. The molecule has 0 aliphatic carbocycles. The van der Waals surface area contributed by atoms with Crippen LogP contribution in [0.3, 0.4) is 0 Å². The predicted molar refractivity (Wildman–Crippen MR) is 112 cm³/mol. The Morgan fingerprint density at radius 3 is 2.67 bits per heavy atom. The number of nitrogens with one attached hydrogen (secondary N) is 1. The lowest BCUT2D eigenvalue weighted by atomic mass is 9.93. The van der Waals surface area contributed by atoms with Crippen molar-refractivity contribution in [3.05, 3.63) is 59.2 Å². The summed E-state index contributed by atoms with van der Waals surface area (Å²) in [6.45, 7) is 9.09. The molecule has 0 saturated carbocycles. The first kappa shape index (κ1) is 19.8. The number of aliphatic hydroxyl groups excluding tert-OH is 1. The lowest BCUT2D eigenvalue weighted by Crippen LogP contribution is -2.43. The predicted octanol–water partition coefficient (Wildman–Crippen LogP) is 5.01. The van der Waals surface area contributed by atoms with E-state index in [1.807, 2.05) is 49.0 Å². The van der Waals surface area contributed by atoms with Crippen molar-refractivity contribution in [3.63, 3.8) is 0 Å². The molecule has 1 aliphatic rings. The summed E-state index contributed by atoms with van der Waals surface area (Å²) in [6.07, 6.45) is 0.806. The molecule has 4 nitrogen and oxygen atoms in total. The molecule has 27 heavy (non-hydrogen) atoms. The number of amides is 2. The van der Waals surface area contributed by atoms with Crippen LogP contribution in [0.4, 0.5) is 10.5 Å². The second kappa shape index (κ2) is 7.95. The van der Waals surface area contributed by atoms with Gasteiger partial charge in [-0.3, -0.25) is 0 Å². The summed E-state index contributed by atoms with van der Waals surface area (Å²) in [5, 5.41) is 12.9. The maximum atomic E-state index is 12.9. The number of carbonyl (C=O) groups excluding carboxylic acids is 1. The zero-order valence-corrected chi connectivity index (χ0v) is 17.3. The van der Waals surface area contributed by atoms with E-state index < -0.39 is 0 Å². The van der Waals surface area contributed by atoms with Gasteiger partial charge in [-0.1, -0.05) is 45.0 Å². The van der Waals surface area contributed by atoms with Gasteiger partial charge in [-0.05, 0) is 48.2 Å². The number of carbonyl (C=O) groups is 1. The first-order valence-electron chi connectivity index (χ1n) is 9.34. The van der Waals surface area contributed by atoms with E-state index in [4.69, 9.17) is 0 Å². The number of rotatable bonds is 3. The summed E-state index contributed by atoms with van der Waals surface area (Å²) >= 11 is 1.81. The number of thioether (sulfide) groups is 1. The molecule has 5 heteroatoms. The Labute approximate surface area is 166 Å². The minimum atomic E-state index is -0.300. The van der Waals surface area contributed by atoms with Crippen molar-refractivity contribution in [1.82, 2.24) is 4.90 Å². The topological polar surface area (TPSA) is 52.6 Å². The van der Waals surface area contributed by atoms with Crippen LogP contribution >= 0.6 is 11.8 Å². The molecule has 0 unspecified atom stereocenters. The number of nitrogens with zero attached hydrogens (tertiary/aromatic N) is 1. The maximum absolute atomic E-state index is 12.9. The summed E-state index contributed by atoms with van der Waals surface area (Å²) < 4.78 is 0.146. The number of anilines is 1. The van der Waals surface area contributed by atoms with Crippen LogP contribution in [0.15, 0.2) is 47.4 Å². The number of fused-ring (bicyclic) bond motifs is 1. The Morgan fingerprint density at radius 2 is 2.00 bits per heavy atom. The van der Waals surface area contributed by atoms with Gasteiger partial charge in [-0.2, -0.15) is 0 Å². The second-order valence-electron chi connectivity index (χ2n) is 7.96. The zero-order valence-electron chi connectivity index (χ0n) is 16.5. The zero-order chi connectivity index (χ0) is 19.6. The van der Waals surface area contributed by atoms with Gasteiger partial charge in [-0.25, -0.2) is 4.79 Å². The van der Waals surface area contributed by atoms with E-state index in [1.54, 1.807) is 4.90 Å². The number of benzene rings is 2. The number of hydrogen-bond donors (Lipinski definition) is 2. The van der Waals surface area contributed by atoms with Gasteiger partial charge >= 0.3 is 6.03 Å². The smallest absolute Gasteiger partial charge is 0.322 e.